The average molecular weight is 382 g/mol. The molecule has 0 N–H and O–H groups in total. The lowest BCUT2D eigenvalue weighted by molar-refractivity contribution is -0.132. The molecule has 1 aliphatic rings. The molecule has 0 radical (unpaired) electrons. The number of hydrogen-bond donors (Lipinski definition) is 0. The molecule has 0 spiro atoms. The number of carbonyl (C=O) groups is 1. The predicted octanol–water partition coefficient (Wildman–Crippen LogP) is 3.90. The van der Waals surface area contributed by atoms with Gasteiger partial charge in [0.25, 0.3) is 0 Å². The first-order valence-corrected chi connectivity index (χ1v) is 9.47. The van der Waals surface area contributed by atoms with Crippen LogP contribution in [0.25, 0.3) is 10.8 Å². The highest BCUT2D eigenvalue weighted by atomic mass is 35.5. The van der Waals surface area contributed by atoms with E-state index < -0.39 is 0 Å². The second-order valence-electron chi connectivity index (χ2n) is 6.70. The molecule has 0 atom stereocenters. The minimum atomic E-state index is 0.0365. The quantitative estimate of drug-likeness (QED) is 0.687. The number of carbonyl (C=O) groups excluding carboxylic acids is 1. The SMILES string of the molecule is O=C(Cc1ccccc1Cl)N1CCC(Oc2nncc3ccccc23)CC1. The third-order valence-electron chi connectivity index (χ3n) is 4.91. The van der Waals surface area contributed by atoms with Gasteiger partial charge in [0.15, 0.2) is 0 Å². The Morgan fingerprint density at radius 1 is 1.11 bits per heavy atom. The Morgan fingerprint density at radius 2 is 1.85 bits per heavy atom. The smallest absolute Gasteiger partial charge is 0.241 e. The van der Waals surface area contributed by atoms with Crippen molar-refractivity contribution >= 4 is 28.3 Å². The Morgan fingerprint density at radius 3 is 2.67 bits per heavy atom. The van der Waals surface area contributed by atoms with Gasteiger partial charge in [0, 0.05) is 41.7 Å². The monoisotopic (exact) mass is 381 g/mol. The lowest BCUT2D eigenvalue weighted by Crippen LogP contribution is -2.42. The normalized spacial score (nSPS) is 15.1. The minimum absolute atomic E-state index is 0.0365. The lowest BCUT2D eigenvalue weighted by Gasteiger charge is -2.32. The molecule has 0 saturated carbocycles. The molecule has 2 heterocycles. The minimum Gasteiger partial charge on any atom is -0.473 e. The van der Waals surface area contributed by atoms with Crippen molar-refractivity contribution in [2.24, 2.45) is 0 Å². The molecule has 0 bridgehead atoms. The van der Waals surface area contributed by atoms with Crippen LogP contribution in [0.4, 0.5) is 0 Å². The third kappa shape index (κ3) is 4.03. The van der Waals surface area contributed by atoms with Gasteiger partial charge in [-0.1, -0.05) is 48.0 Å². The molecule has 1 fully saturated rings. The standard InChI is InChI=1S/C21H20ClN3O2/c22-19-8-4-2-5-15(19)13-20(26)25-11-9-17(10-12-25)27-21-18-7-3-1-6-16(18)14-23-24-21/h1-8,14,17H,9-13H2. The van der Waals surface area contributed by atoms with Crippen LogP contribution < -0.4 is 4.74 Å². The van der Waals surface area contributed by atoms with Gasteiger partial charge in [-0.3, -0.25) is 4.79 Å². The zero-order valence-corrected chi connectivity index (χ0v) is 15.6. The second kappa shape index (κ2) is 7.92. The summed E-state index contributed by atoms with van der Waals surface area (Å²) >= 11 is 6.16. The number of fused-ring (bicyclic) bond motifs is 1. The predicted molar refractivity (Wildman–Crippen MR) is 105 cm³/mol. The zero-order chi connectivity index (χ0) is 18.6. The summed E-state index contributed by atoms with van der Waals surface area (Å²) in [5, 5.41) is 10.8. The largest absolute Gasteiger partial charge is 0.473 e. The molecule has 1 aliphatic heterocycles. The second-order valence-corrected chi connectivity index (χ2v) is 7.11. The Bertz CT molecular complexity index is 950. The maximum Gasteiger partial charge on any atom is 0.241 e. The molecule has 2 aromatic carbocycles. The van der Waals surface area contributed by atoms with E-state index in [-0.39, 0.29) is 12.0 Å². The highest BCUT2D eigenvalue weighted by Gasteiger charge is 2.25. The molecule has 3 aromatic rings. The number of piperidine rings is 1. The van der Waals surface area contributed by atoms with Crippen LogP contribution in [0.15, 0.2) is 54.7 Å². The average Bonchev–Trinajstić information content (AvgIpc) is 2.70. The van der Waals surface area contributed by atoms with E-state index in [2.05, 4.69) is 10.2 Å². The van der Waals surface area contributed by atoms with E-state index in [9.17, 15) is 4.79 Å². The summed E-state index contributed by atoms with van der Waals surface area (Å²) in [5.74, 6) is 0.667. The van der Waals surface area contributed by atoms with Gasteiger partial charge in [-0.2, -0.15) is 5.10 Å². The first kappa shape index (κ1) is 17.7. The van der Waals surface area contributed by atoms with Crippen molar-refractivity contribution in [1.82, 2.24) is 15.1 Å². The number of rotatable bonds is 4. The Kier molecular flexibility index (Phi) is 5.21. The molecule has 5 nitrogen and oxygen atoms in total. The molecule has 4 rings (SSSR count). The van der Waals surface area contributed by atoms with Crippen LogP contribution in [-0.4, -0.2) is 40.2 Å². The van der Waals surface area contributed by atoms with Gasteiger partial charge in [-0.25, -0.2) is 0 Å². The molecule has 6 heteroatoms. The number of halogens is 1. The summed E-state index contributed by atoms with van der Waals surface area (Å²) in [5.41, 5.74) is 0.869. The molecule has 1 aromatic heterocycles. The van der Waals surface area contributed by atoms with Gasteiger partial charge in [-0.15, -0.1) is 5.10 Å². The fourth-order valence-electron chi connectivity index (χ4n) is 3.39. The first-order valence-electron chi connectivity index (χ1n) is 9.09. The molecule has 27 heavy (non-hydrogen) atoms. The zero-order valence-electron chi connectivity index (χ0n) is 14.8. The topological polar surface area (TPSA) is 55.3 Å². The number of benzene rings is 2. The highest BCUT2D eigenvalue weighted by Crippen LogP contribution is 2.25. The number of likely N-dealkylation sites (tertiary alicyclic amines) is 1. The van der Waals surface area contributed by atoms with Gasteiger partial charge < -0.3 is 9.64 Å². The van der Waals surface area contributed by atoms with E-state index in [4.69, 9.17) is 16.3 Å². The summed E-state index contributed by atoms with van der Waals surface area (Å²) in [6.45, 7) is 1.35. The van der Waals surface area contributed by atoms with E-state index in [0.717, 1.165) is 29.2 Å². The number of ether oxygens (including phenoxy) is 1. The molecule has 0 unspecified atom stereocenters. The molecule has 1 amide bonds. The van der Waals surface area contributed by atoms with E-state index in [0.29, 0.717) is 30.4 Å². The summed E-state index contributed by atoms with van der Waals surface area (Å²) in [7, 11) is 0. The number of hydrogen-bond acceptors (Lipinski definition) is 4. The van der Waals surface area contributed by atoms with Gasteiger partial charge in [-0.05, 0) is 17.7 Å². The van der Waals surface area contributed by atoms with Crippen molar-refractivity contribution < 1.29 is 9.53 Å². The van der Waals surface area contributed by atoms with Crippen LogP contribution in [0.1, 0.15) is 18.4 Å². The molecule has 138 valence electrons. The molecular weight excluding hydrogens is 362 g/mol. The van der Waals surface area contributed by atoms with Crippen molar-refractivity contribution in [3.8, 4) is 5.88 Å². The summed E-state index contributed by atoms with van der Waals surface area (Å²) < 4.78 is 6.10. The number of amides is 1. The molecular formula is C21H20ClN3O2. The van der Waals surface area contributed by atoms with Crippen molar-refractivity contribution in [1.29, 1.82) is 0 Å². The van der Waals surface area contributed by atoms with E-state index in [1.807, 2.05) is 53.4 Å². The highest BCUT2D eigenvalue weighted by molar-refractivity contribution is 6.31. The van der Waals surface area contributed by atoms with Crippen LogP contribution in [0.3, 0.4) is 0 Å². The maximum absolute atomic E-state index is 12.6. The van der Waals surface area contributed by atoms with Crippen molar-refractivity contribution in [3.63, 3.8) is 0 Å². The third-order valence-corrected chi connectivity index (χ3v) is 5.28. The summed E-state index contributed by atoms with van der Waals surface area (Å²) in [6.07, 6.45) is 3.66. The lowest BCUT2D eigenvalue weighted by atomic mass is 10.1. The van der Waals surface area contributed by atoms with E-state index in [1.54, 1.807) is 6.20 Å². The van der Waals surface area contributed by atoms with E-state index >= 15 is 0 Å². The van der Waals surface area contributed by atoms with Gasteiger partial charge in [0.05, 0.1) is 12.6 Å². The Hall–Kier alpha value is -2.66. The van der Waals surface area contributed by atoms with Crippen LogP contribution in [-0.2, 0) is 11.2 Å². The van der Waals surface area contributed by atoms with Crippen LogP contribution in [0.2, 0.25) is 5.02 Å². The fourth-order valence-corrected chi connectivity index (χ4v) is 3.59. The Labute approximate surface area is 162 Å². The van der Waals surface area contributed by atoms with Crippen LogP contribution >= 0.6 is 11.6 Å². The van der Waals surface area contributed by atoms with Gasteiger partial charge in [0.1, 0.15) is 6.10 Å². The van der Waals surface area contributed by atoms with E-state index in [1.165, 1.54) is 0 Å². The van der Waals surface area contributed by atoms with Gasteiger partial charge in [0.2, 0.25) is 11.8 Å². The summed E-state index contributed by atoms with van der Waals surface area (Å²) in [4.78, 5) is 14.5. The number of nitrogens with zero attached hydrogens (tertiary/aromatic N) is 3. The molecule has 0 aliphatic carbocycles. The summed E-state index contributed by atoms with van der Waals surface area (Å²) in [6, 6.07) is 15.4. The van der Waals surface area contributed by atoms with Crippen molar-refractivity contribution in [3.05, 3.63) is 65.3 Å². The fraction of sp³-hybridized carbons (Fsp3) is 0.286. The first-order chi connectivity index (χ1) is 13.2. The Balaban J connectivity index is 1.36. The maximum atomic E-state index is 12.6. The van der Waals surface area contributed by atoms with Gasteiger partial charge >= 0.3 is 0 Å². The van der Waals surface area contributed by atoms with Crippen molar-refractivity contribution in [2.75, 3.05) is 13.1 Å². The number of aromatic nitrogens is 2. The van der Waals surface area contributed by atoms with Crippen molar-refractivity contribution in [2.45, 2.75) is 25.4 Å². The molecule has 1 saturated heterocycles. The van der Waals surface area contributed by atoms with Crippen LogP contribution in [0, 0.1) is 0 Å². The van der Waals surface area contributed by atoms with Crippen LogP contribution in [0.5, 0.6) is 5.88 Å².